The maximum atomic E-state index is 13.0. The molecule has 2 aromatic carbocycles. The zero-order valence-corrected chi connectivity index (χ0v) is 15.2. The Morgan fingerprint density at radius 2 is 1.81 bits per heavy atom. The summed E-state index contributed by atoms with van der Waals surface area (Å²) in [4.78, 5) is 13.0. The highest BCUT2D eigenvalue weighted by Gasteiger charge is 2.22. The van der Waals surface area contributed by atoms with Crippen molar-refractivity contribution in [3.63, 3.8) is 0 Å². The second kappa shape index (κ2) is 7.17. The highest BCUT2D eigenvalue weighted by Crippen LogP contribution is 2.32. The van der Waals surface area contributed by atoms with Gasteiger partial charge in [-0.1, -0.05) is 35.6 Å². The molecule has 0 aliphatic rings. The SMILES string of the molecule is CN(C)N=Nc1ccc2oc(OS(=O)(=O)O)c(-c3ccccc3)c(=O)c2c1. The van der Waals surface area contributed by atoms with Gasteiger partial charge in [-0.25, -0.2) is 0 Å². The van der Waals surface area contributed by atoms with E-state index in [4.69, 9.17) is 8.97 Å². The summed E-state index contributed by atoms with van der Waals surface area (Å²) in [6.45, 7) is 0. The first kappa shape index (κ1) is 18.5. The molecule has 1 aromatic heterocycles. The molecule has 0 atom stereocenters. The fourth-order valence-corrected chi connectivity index (χ4v) is 2.68. The van der Waals surface area contributed by atoms with Crippen LogP contribution in [0.1, 0.15) is 0 Å². The molecule has 0 radical (unpaired) electrons. The van der Waals surface area contributed by atoms with Crippen LogP contribution in [0.25, 0.3) is 22.1 Å². The molecule has 0 bridgehead atoms. The molecule has 0 saturated carbocycles. The quantitative estimate of drug-likeness (QED) is 0.404. The largest absolute Gasteiger partial charge is 0.449 e. The first-order valence-corrected chi connectivity index (χ1v) is 9.03. The van der Waals surface area contributed by atoms with E-state index in [0.717, 1.165) is 0 Å². The van der Waals surface area contributed by atoms with Crippen LogP contribution in [0.15, 0.2) is 68.1 Å². The van der Waals surface area contributed by atoms with E-state index in [1.54, 1.807) is 44.4 Å². The van der Waals surface area contributed by atoms with Crippen molar-refractivity contribution in [1.29, 1.82) is 0 Å². The fourth-order valence-electron chi connectivity index (χ4n) is 2.37. The first-order chi connectivity index (χ1) is 12.7. The third-order valence-electron chi connectivity index (χ3n) is 3.42. The smallest absolute Gasteiger partial charge is 0.424 e. The predicted octanol–water partition coefficient (Wildman–Crippen LogP) is 3.20. The zero-order valence-electron chi connectivity index (χ0n) is 14.4. The minimum Gasteiger partial charge on any atom is -0.424 e. The molecule has 1 heterocycles. The molecule has 0 aliphatic carbocycles. The summed E-state index contributed by atoms with van der Waals surface area (Å²) in [5.41, 5.74) is 0.172. The summed E-state index contributed by atoms with van der Waals surface area (Å²) in [5, 5.41) is 9.50. The van der Waals surface area contributed by atoms with Crippen LogP contribution in [0.4, 0.5) is 5.69 Å². The molecule has 3 aromatic rings. The number of fused-ring (bicyclic) bond motifs is 1. The predicted molar refractivity (Wildman–Crippen MR) is 98.3 cm³/mol. The third kappa shape index (κ3) is 4.30. The van der Waals surface area contributed by atoms with Gasteiger partial charge in [-0.2, -0.15) is 8.42 Å². The van der Waals surface area contributed by atoms with Gasteiger partial charge in [0.05, 0.1) is 11.1 Å². The van der Waals surface area contributed by atoms with Crippen molar-refractivity contribution in [3.05, 3.63) is 58.8 Å². The van der Waals surface area contributed by atoms with Crippen LogP contribution < -0.4 is 9.61 Å². The maximum absolute atomic E-state index is 13.0. The Bertz CT molecular complexity index is 1170. The van der Waals surface area contributed by atoms with Gasteiger partial charge in [0.1, 0.15) is 11.1 Å². The molecule has 0 fully saturated rings. The van der Waals surface area contributed by atoms with E-state index in [-0.39, 0.29) is 16.5 Å². The molecule has 0 unspecified atom stereocenters. The van der Waals surface area contributed by atoms with Crippen molar-refractivity contribution in [1.82, 2.24) is 5.01 Å². The number of nitrogens with zero attached hydrogens (tertiary/aromatic N) is 3. The molecule has 1 N–H and O–H groups in total. The molecule has 3 rings (SSSR count). The summed E-state index contributed by atoms with van der Waals surface area (Å²) < 4.78 is 41.3. The summed E-state index contributed by atoms with van der Waals surface area (Å²) >= 11 is 0. The van der Waals surface area contributed by atoms with Crippen LogP contribution in [0.5, 0.6) is 5.95 Å². The molecular weight excluding hydrogens is 374 g/mol. The maximum Gasteiger partial charge on any atom is 0.449 e. The van der Waals surface area contributed by atoms with Crippen molar-refractivity contribution in [2.24, 2.45) is 10.3 Å². The van der Waals surface area contributed by atoms with Gasteiger partial charge in [-0.3, -0.25) is 14.4 Å². The van der Waals surface area contributed by atoms with Gasteiger partial charge < -0.3 is 8.60 Å². The molecule has 0 amide bonds. The van der Waals surface area contributed by atoms with Crippen molar-refractivity contribution >= 4 is 27.1 Å². The van der Waals surface area contributed by atoms with Crippen molar-refractivity contribution < 1.29 is 21.6 Å². The normalized spacial score (nSPS) is 11.8. The van der Waals surface area contributed by atoms with E-state index in [9.17, 15) is 13.2 Å². The second-order valence-electron chi connectivity index (χ2n) is 5.69. The average Bonchev–Trinajstić information content (AvgIpc) is 2.60. The lowest BCUT2D eigenvalue weighted by Gasteiger charge is -2.09. The van der Waals surface area contributed by atoms with E-state index in [0.29, 0.717) is 11.3 Å². The Morgan fingerprint density at radius 1 is 1.11 bits per heavy atom. The lowest BCUT2D eigenvalue weighted by molar-refractivity contribution is 0.338. The molecule has 9 nitrogen and oxygen atoms in total. The van der Waals surface area contributed by atoms with Gasteiger partial charge in [-0.15, -0.1) is 5.11 Å². The summed E-state index contributed by atoms with van der Waals surface area (Å²) in [7, 11) is -1.49. The summed E-state index contributed by atoms with van der Waals surface area (Å²) in [6.07, 6.45) is 0. The zero-order chi connectivity index (χ0) is 19.6. The van der Waals surface area contributed by atoms with E-state index in [1.807, 2.05) is 0 Å². The Morgan fingerprint density at radius 3 is 2.44 bits per heavy atom. The summed E-state index contributed by atoms with van der Waals surface area (Å²) in [6, 6.07) is 12.7. The van der Waals surface area contributed by atoms with Gasteiger partial charge in [0.15, 0.2) is 0 Å². The van der Waals surface area contributed by atoms with Crippen LogP contribution in [-0.4, -0.2) is 32.1 Å². The Hall–Kier alpha value is -3.24. The average molecular weight is 389 g/mol. The Labute approximate surface area is 154 Å². The van der Waals surface area contributed by atoms with Crippen molar-refractivity contribution in [2.45, 2.75) is 0 Å². The molecule has 0 saturated heterocycles. The topological polar surface area (TPSA) is 122 Å². The van der Waals surface area contributed by atoms with Gasteiger partial charge in [0, 0.05) is 14.1 Å². The monoisotopic (exact) mass is 389 g/mol. The van der Waals surface area contributed by atoms with Gasteiger partial charge in [0.2, 0.25) is 5.43 Å². The number of rotatable bonds is 5. The standard InChI is InChI=1S/C17H15N3O6S/c1-20(2)19-18-12-8-9-14-13(10-12)16(21)15(11-6-4-3-5-7-11)17(25-14)26-27(22,23)24/h3-10H,1-2H3,(H,22,23,24). The van der Waals surface area contributed by atoms with E-state index in [1.165, 1.54) is 23.2 Å². The van der Waals surface area contributed by atoms with E-state index < -0.39 is 21.8 Å². The lowest BCUT2D eigenvalue weighted by Crippen LogP contribution is -2.13. The highest BCUT2D eigenvalue weighted by atomic mass is 32.3. The number of hydrogen-bond acceptors (Lipinski definition) is 7. The van der Waals surface area contributed by atoms with E-state index in [2.05, 4.69) is 14.5 Å². The molecule has 0 aliphatic heterocycles. The molecule has 10 heteroatoms. The number of hydrogen-bond donors (Lipinski definition) is 1. The van der Waals surface area contributed by atoms with Crippen molar-refractivity contribution in [3.8, 4) is 17.1 Å². The van der Waals surface area contributed by atoms with Crippen LogP contribution in [0.3, 0.4) is 0 Å². The van der Waals surface area contributed by atoms with E-state index >= 15 is 0 Å². The molecule has 27 heavy (non-hydrogen) atoms. The van der Waals surface area contributed by atoms with Crippen LogP contribution in [-0.2, 0) is 10.4 Å². The van der Waals surface area contributed by atoms with Gasteiger partial charge >= 0.3 is 16.3 Å². The molecule has 0 spiro atoms. The number of benzene rings is 2. The Balaban J connectivity index is 2.29. The van der Waals surface area contributed by atoms with Gasteiger partial charge in [-0.05, 0) is 23.8 Å². The molecular formula is C17H15N3O6S. The minimum atomic E-state index is -4.89. The highest BCUT2D eigenvalue weighted by molar-refractivity contribution is 7.81. The van der Waals surface area contributed by atoms with Crippen molar-refractivity contribution in [2.75, 3.05) is 14.1 Å². The van der Waals surface area contributed by atoms with Crippen LogP contribution >= 0.6 is 0 Å². The van der Waals surface area contributed by atoms with Crippen LogP contribution in [0.2, 0.25) is 0 Å². The fraction of sp³-hybridized carbons (Fsp3) is 0.118. The summed E-state index contributed by atoms with van der Waals surface area (Å²) in [5.74, 6) is -0.621. The van der Waals surface area contributed by atoms with Crippen LogP contribution in [0, 0.1) is 0 Å². The third-order valence-corrected chi connectivity index (χ3v) is 3.79. The minimum absolute atomic E-state index is 0.0714. The van der Waals surface area contributed by atoms with Gasteiger partial charge in [0.25, 0.3) is 0 Å². The second-order valence-corrected chi connectivity index (χ2v) is 6.71. The first-order valence-electron chi connectivity index (χ1n) is 7.67. The Kier molecular flexibility index (Phi) is 4.93. The molecule has 140 valence electrons. The lowest BCUT2D eigenvalue weighted by atomic mass is 10.0.